The molecule has 0 aliphatic carbocycles. The van der Waals surface area contributed by atoms with Crippen LogP contribution in [0, 0.1) is 0 Å². The van der Waals surface area contributed by atoms with Crippen molar-refractivity contribution in [3.63, 3.8) is 0 Å². The summed E-state index contributed by atoms with van der Waals surface area (Å²) in [7, 11) is 1.76. The first-order valence-corrected chi connectivity index (χ1v) is 12.5. The van der Waals surface area contributed by atoms with Gasteiger partial charge in [-0.15, -0.1) is 0 Å². The third-order valence-electron chi connectivity index (χ3n) is 5.82. The van der Waals surface area contributed by atoms with Gasteiger partial charge in [-0.2, -0.15) is 0 Å². The average molecular weight is 587 g/mol. The van der Waals surface area contributed by atoms with E-state index in [2.05, 4.69) is 9.51 Å². The van der Waals surface area contributed by atoms with Gasteiger partial charge in [0.2, 0.25) is 11.5 Å². The van der Waals surface area contributed by atoms with Gasteiger partial charge in [-0.1, -0.05) is 6.07 Å². The van der Waals surface area contributed by atoms with E-state index < -0.39 is 13.6 Å². The normalized spacial score (nSPS) is 10.7. The summed E-state index contributed by atoms with van der Waals surface area (Å²) in [6, 6.07) is 12.6. The first-order chi connectivity index (χ1) is 18.1. The SMILES string of the molecule is COc1ccc2c(-c3ccc(OC)c(OP(=O)([O-])[O-])c3)c(C(=O)c3cc(OC)c(OC)c(OC)c3)[nH]c2c1.[Na+].[Na+]. The molecule has 4 rings (SSSR count). The van der Waals surface area contributed by atoms with E-state index in [4.69, 9.17) is 23.7 Å². The molecule has 1 N–H and O–H groups in total. The minimum Gasteiger partial charge on any atom is -0.780 e. The van der Waals surface area contributed by atoms with E-state index >= 15 is 0 Å². The van der Waals surface area contributed by atoms with Crippen LogP contribution in [0.4, 0.5) is 0 Å². The van der Waals surface area contributed by atoms with Gasteiger partial charge in [0.1, 0.15) is 13.6 Å². The number of carbonyl (C=O) groups excluding carboxylic acids is 1. The van der Waals surface area contributed by atoms with Crippen molar-refractivity contribution in [1.29, 1.82) is 0 Å². The van der Waals surface area contributed by atoms with Crippen LogP contribution in [0.15, 0.2) is 48.5 Å². The van der Waals surface area contributed by atoms with Crippen LogP contribution in [0.3, 0.4) is 0 Å². The molecule has 11 nitrogen and oxygen atoms in total. The van der Waals surface area contributed by atoms with Crippen LogP contribution in [0.1, 0.15) is 16.1 Å². The van der Waals surface area contributed by atoms with Crippen molar-refractivity contribution >= 4 is 24.5 Å². The van der Waals surface area contributed by atoms with Gasteiger partial charge in [-0.05, 0) is 42.0 Å². The van der Waals surface area contributed by atoms with Crippen LogP contribution in [0.5, 0.6) is 34.5 Å². The van der Waals surface area contributed by atoms with Crippen LogP contribution in [0.2, 0.25) is 0 Å². The maximum absolute atomic E-state index is 13.9. The fourth-order valence-corrected chi connectivity index (χ4v) is 4.54. The zero-order valence-corrected chi connectivity index (χ0v) is 28.0. The van der Waals surface area contributed by atoms with Crippen LogP contribution in [0.25, 0.3) is 22.0 Å². The number of H-pyrrole nitrogens is 1. The molecule has 0 aliphatic rings. The summed E-state index contributed by atoms with van der Waals surface area (Å²) in [4.78, 5) is 39.8. The molecular weight excluding hydrogens is 563 g/mol. The van der Waals surface area contributed by atoms with Crippen LogP contribution < -0.4 is 97.1 Å². The second kappa shape index (κ2) is 14.1. The number of aromatic nitrogens is 1. The molecular formula is C26H24NNa2O10P. The molecule has 200 valence electrons. The predicted molar refractivity (Wildman–Crippen MR) is 135 cm³/mol. The van der Waals surface area contributed by atoms with E-state index in [1.807, 2.05) is 0 Å². The number of nitrogens with one attached hydrogen (secondary N) is 1. The number of hydrogen-bond donors (Lipinski definition) is 1. The van der Waals surface area contributed by atoms with Crippen molar-refractivity contribution in [3.05, 3.63) is 59.8 Å². The average Bonchev–Trinajstić information content (AvgIpc) is 3.29. The molecule has 0 spiro atoms. The smallest absolute Gasteiger partial charge is 0.780 e. The molecule has 1 aromatic heterocycles. The number of phosphoric acid groups is 1. The molecule has 1 heterocycles. The summed E-state index contributed by atoms with van der Waals surface area (Å²) in [6.45, 7) is 0. The van der Waals surface area contributed by atoms with Crippen molar-refractivity contribution < 1.29 is 106 Å². The fraction of sp³-hybridized carbons (Fsp3) is 0.192. The van der Waals surface area contributed by atoms with E-state index in [1.54, 1.807) is 24.3 Å². The van der Waals surface area contributed by atoms with E-state index in [-0.39, 0.29) is 93.4 Å². The fourth-order valence-electron chi connectivity index (χ4n) is 4.15. The van der Waals surface area contributed by atoms with Gasteiger partial charge >= 0.3 is 59.1 Å². The molecule has 4 aromatic rings. The van der Waals surface area contributed by atoms with Crippen LogP contribution in [-0.2, 0) is 4.57 Å². The summed E-state index contributed by atoms with van der Waals surface area (Å²) in [5, 5.41) is 0.630. The monoisotopic (exact) mass is 587 g/mol. The summed E-state index contributed by atoms with van der Waals surface area (Å²) < 4.78 is 42.6. The molecule has 0 fully saturated rings. The van der Waals surface area contributed by atoms with Gasteiger partial charge in [0, 0.05) is 22.6 Å². The molecule has 0 atom stereocenters. The minimum absolute atomic E-state index is 0. The molecule has 40 heavy (non-hydrogen) atoms. The number of fused-ring (bicyclic) bond motifs is 1. The molecule has 0 radical (unpaired) electrons. The molecule has 0 aliphatic heterocycles. The number of ketones is 1. The van der Waals surface area contributed by atoms with Crippen molar-refractivity contribution in [2.45, 2.75) is 0 Å². The van der Waals surface area contributed by atoms with E-state index in [0.717, 1.165) is 0 Å². The quantitative estimate of drug-likeness (QED) is 0.118. The van der Waals surface area contributed by atoms with Crippen molar-refractivity contribution in [3.8, 4) is 45.6 Å². The van der Waals surface area contributed by atoms with E-state index in [1.165, 1.54) is 59.8 Å². The number of carbonyl (C=O) groups is 1. The Balaban J connectivity index is 0.00000280. The Kier molecular flexibility index (Phi) is 12.0. The Labute approximate surface area is 274 Å². The number of phosphoric ester groups is 1. The first-order valence-electron chi connectivity index (χ1n) is 11.1. The molecule has 0 bridgehead atoms. The van der Waals surface area contributed by atoms with Gasteiger partial charge < -0.3 is 47.5 Å². The van der Waals surface area contributed by atoms with Gasteiger partial charge in [-0.25, -0.2) is 0 Å². The topological polar surface area (TPSA) is 151 Å². The Bertz CT molecular complexity index is 1540. The van der Waals surface area contributed by atoms with Gasteiger partial charge in [0.25, 0.3) is 0 Å². The van der Waals surface area contributed by atoms with Gasteiger partial charge in [0.15, 0.2) is 23.0 Å². The van der Waals surface area contributed by atoms with E-state index in [0.29, 0.717) is 33.5 Å². The molecule has 0 amide bonds. The van der Waals surface area contributed by atoms with Gasteiger partial charge in [-0.3, -0.25) is 4.79 Å². The maximum Gasteiger partial charge on any atom is 1.00 e. The largest absolute Gasteiger partial charge is 1.00 e. The molecule has 0 unspecified atom stereocenters. The Hall–Kier alpha value is -2.18. The minimum atomic E-state index is -5.40. The predicted octanol–water partition coefficient (Wildman–Crippen LogP) is -2.68. The maximum atomic E-state index is 13.9. The number of rotatable bonds is 10. The Morgan fingerprint density at radius 3 is 1.90 bits per heavy atom. The number of aromatic amines is 1. The number of methoxy groups -OCH3 is 5. The summed E-state index contributed by atoms with van der Waals surface area (Å²) in [5.74, 6) is 0.741. The molecule has 0 saturated carbocycles. The van der Waals surface area contributed by atoms with Crippen LogP contribution in [-0.4, -0.2) is 46.3 Å². The molecule has 3 aromatic carbocycles. The van der Waals surface area contributed by atoms with Crippen LogP contribution >= 0.6 is 7.82 Å². The molecule has 14 heteroatoms. The van der Waals surface area contributed by atoms with Crippen molar-refractivity contribution in [2.24, 2.45) is 0 Å². The van der Waals surface area contributed by atoms with Crippen molar-refractivity contribution in [2.75, 3.05) is 35.5 Å². The number of benzene rings is 3. The summed E-state index contributed by atoms with van der Waals surface area (Å²) in [6.07, 6.45) is 0. The summed E-state index contributed by atoms with van der Waals surface area (Å²) in [5.41, 5.74) is 1.80. The standard InChI is InChI=1S/C26H26NO10P.2Na/c1-32-16-7-8-17-18(13-16)27-24(25(28)15-11-21(34-3)26(36-5)22(12-15)35-4)23(17)14-6-9-19(33-2)20(10-14)37-38(29,30)31;;/h6-13,27H,1-5H3,(H2,29,30,31);;/q;2*+1/p-2. The second-order valence-corrected chi connectivity index (χ2v) is 9.01. The Morgan fingerprint density at radius 2 is 1.38 bits per heavy atom. The van der Waals surface area contributed by atoms with Gasteiger partial charge in [0.05, 0.1) is 46.8 Å². The number of ether oxygens (including phenoxy) is 5. The third kappa shape index (κ3) is 6.99. The zero-order valence-electron chi connectivity index (χ0n) is 23.1. The zero-order chi connectivity index (χ0) is 27.6. The third-order valence-corrected chi connectivity index (χ3v) is 6.24. The molecule has 0 saturated heterocycles. The first kappa shape index (κ1) is 34.0. The summed E-state index contributed by atoms with van der Waals surface area (Å²) >= 11 is 0. The second-order valence-electron chi connectivity index (χ2n) is 7.93. The Morgan fingerprint density at radius 1 is 0.750 bits per heavy atom. The number of hydrogen-bond acceptors (Lipinski definition) is 10. The van der Waals surface area contributed by atoms with Crippen molar-refractivity contribution in [1.82, 2.24) is 4.98 Å². The van der Waals surface area contributed by atoms with E-state index in [9.17, 15) is 19.1 Å².